The van der Waals surface area contributed by atoms with Gasteiger partial charge in [-0.2, -0.15) is 0 Å². The van der Waals surface area contributed by atoms with E-state index in [0.717, 1.165) is 19.4 Å². The van der Waals surface area contributed by atoms with E-state index in [1.165, 1.54) is 12.1 Å². The fraction of sp³-hybridized carbons (Fsp3) is 0.600. The fourth-order valence-electron chi connectivity index (χ4n) is 1.75. The number of nitro benzene ring substituents is 1. The molecule has 0 bridgehead atoms. The zero-order valence-corrected chi connectivity index (χ0v) is 12.9. The second kappa shape index (κ2) is 9.18. The minimum Gasteiger partial charge on any atom is -0.491 e. The number of hydrogen-bond donors (Lipinski definition) is 1. The monoisotopic (exact) mass is 296 g/mol. The molecule has 6 nitrogen and oxygen atoms in total. The number of nitrogens with zero attached hydrogens (tertiary/aromatic N) is 1. The van der Waals surface area contributed by atoms with E-state index in [1.54, 1.807) is 6.07 Å². The highest BCUT2D eigenvalue weighted by atomic mass is 16.6. The lowest BCUT2D eigenvalue weighted by molar-refractivity contribution is -0.384. The molecule has 6 heteroatoms. The molecule has 1 N–H and O–H groups in total. The van der Waals surface area contributed by atoms with E-state index in [9.17, 15) is 10.1 Å². The zero-order valence-electron chi connectivity index (χ0n) is 12.9. The highest BCUT2D eigenvalue weighted by molar-refractivity contribution is 5.56. The quantitative estimate of drug-likeness (QED) is 0.405. The van der Waals surface area contributed by atoms with Crippen LogP contribution in [-0.4, -0.2) is 30.8 Å². The maximum atomic E-state index is 10.9. The van der Waals surface area contributed by atoms with Crippen molar-refractivity contribution in [2.75, 3.05) is 25.1 Å². The first-order valence-electron chi connectivity index (χ1n) is 7.30. The van der Waals surface area contributed by atoms with Crippen molar-refractivity contribution < 1.29 is 14.4 Å². The van der Waals surface area contributed by atoms with Crippen molar-refractivity contribution in [3.8, 4) is 5.75 Å². The molecule has 0 fully saturated rings. The van der Waals surface area contributed by atoms with Crippen LogP contribution in [0.3, 0.4) is 0 Å². The number of non-ortho nitro benzene ring substituents is 1. The van der Waals surface area contributed by atoms with Crippen LogP contribution >= 0.6 is 0 Å². The van der Waals surface area contributed by atoms with Gasteiger partial charge in [-0.3, -0.25) is 10.1 Å². The van der Waals surface area contributed by atoms with Crippen LogP contribution < -0.4 is 10.1 Å². The minimum absolute atomic E-state index is 0.0163. The van der Waals surface area contributed by atoms with Gasteiger partial charge < -0.3 is 14.8 Å². The Morgan fingerprint density at radius 2 is 2.05 bits per heavy atom. The summed E-state index contributed by atoms with van der Waals surface area (Å²) in [5, 5.41) is 14.1. The molecular weight excluding hydrogens is 272 g/mol. The predicted octanol–water partition coefficient (Wildman–Crippen LogP) is 3.61. The highest BCUT2D eigenvalue weighted by Crippen LogP contribution is 2.26. The summed E-state index contributed by atoms with van der Waals surface area (Å²) < 4.78 is 11.0. The molecule has 1 aromatic rings. The zero-order chi connectivity index (χ0) is 15.7. The smallest absolute Gasteiger partial charge is 0.275 e. The SMILES string of the molecule is CCCCOCCNc1cc(OC(C)C)cc([N+](=O)[O-])c1. The van der Waals surface area contributed by atoms with Gasteiger partial charge >= 0.3 is 0 Å². The van der Waals surface area contributed by atoms with Gasteiger partial charge in [-0.25, -0.2) is 0 Å². The van der Waals surface area contributed by atoms with Crippen LogP contribution in [0, 0.1) is 10.1 Å². The van der Waals surface area contributed by atoms with Gasteiger partial charge in [0.25, 0.3) is 5.69 Å². The molecule has 0 heterocycles. The van der Waals surface area contributed by atoms with Gasteiger partial charge in [-0.05, 0) is 20.3 Å². The number of unbranched alkanes of at least 4 members (excludes halogenated alkanes) is 1. The third-order valence-electron chi connectivity index (χ3n) is 2.69. The van der Waals surface area contributed by atoms with Crippen molar-refractivity contribution in [2.24, 2.45) is 0 Å². The summed E-state index contributed by atoms with van der Waals surface area (Å²) in [5.41, 5.74) is 0.682. The molecule has 0 aliphatic carbocycles. The third kappa shape index (κ3) is 6.94. The Balaban J connectivity index is 2.59. The summed E-state index contributed by atoms with van der Waals surface area (Å²) >= 11 is 0. The van der Waals surface area contributed by atoms with Crippen LogP contribution in [0.4, 0.5) is 11.4 Å². The molecule has 1 aromatic carbocycles. The molecule has 0 aliphatic rings. The van der Waals surface area contributed by atoms with Crippen LogP contribution in [0.2, 0.25) is 0 Å². The van der Waals surface area contributed by atoms with Crippen molar-refractivity contribution in [1.29, 1.82) is 0 Å². The minimum atomic E-state index is -0.421. The number of hydrogen-bond acceptors (Lipinski definition) is 5. The van der Waals surface area contributed by atoms with Gasteiger partial charge in [-0.15, -0.1) is 0 Å². The lowest BCUT2D eigenvalue weighted by Crippen LogP contribution is -2.11. The predicted molar refractivity (Wildman–Crippen MR) is 83.1 cm³/mol. The molecule has 0 atom stereocenters. The first-order chi connectivity index (χ1) is 10.0. The Morgan fingerprint density at radius 3 is 2.67 bits per heavy atom. The number of ether oxygens (including phenoxy) is 2. The van der Waals surface area contributed by atoms with Gasteiger partial charge in [0.15, 0.2) is 0 Å². The van der Waals surface area contributed by atoms with E-state index in [4.69, 9.17) is 9.47 Å². The van der Waals surface area contributed by atoms with Crippen molar-refractivity contribution in [3.63, 3.8) is 0 Å². The topological polar surface area (TPSA) is 73.6 Å². The Kier molecular flexibility index (Phi) is 7.53. The molecule has 118 valence electrons. The highest BCUT2D eigenvalue weighted by Gasteiger charge is 2.11. The maximum Gasteiger partial charge on any atom is 0.275 e. The van der Waals surface area contributed by atoms with Gasteiger partial charge in [0, 0.05) is 31.0 Å². The molecule has 21 heavy (non-hydrogen) atoms. The van der Waals surface area contributed by atoms with Crippen LogP contribution in [0.1, 0.15) is 33.6 Å². The summed E-state index contributed by atoms with van der Waals surface area (Å²) in [6, 6.07) is 4.70. The van der Waals surface area contributed by atoms with Crippen LogP contribution in [0.25, 0.3) is 0 Å². The second-order valence-electron chi connectivity index (χ2n) is 5.03. The van der Waals surface area contributed by atoms with Gasteiger partial charge in [0.2, 0.25) is 0 Å². The summed E-state index contributed by atoms with van der Waals surface area (Å²) in [7, 11) is 0. The number of nitro groups is 1. The lowest BCUT2D eigenvalue weighted by Gasteiger charge is -2.12. The first kappa shape index (κ1) is 17.2. The van der Waals surface area contributed by atoms with Crippen LogP contribution in [-0.2, 0) is 4.74 Å². The van der Waals surface area contributed by atoms with E-state index in [-0.39, 0.29) is 11.8 Å². The molecule has 0 saturated carbocycles. The van der Waals surface area contributed by atoms with Gasteiger partial charge in [-0.1, -0.05) is 13.3 Å². The van der Waals surface area contributed by atoms with Crippen molar-refractivity contribution in [2.45, 2.75) is 39.7 Å². The van der Waals surface area contributed by atoms with Gasteiger partial charge in [0.1, 0.15) is 5.75 Å². The van der Waals surface area contributed by atoms with E-state index in [0.29, 0.717) is 24.6 Å². The average Bonchev–Trinajstić information content (AvgIpc) is 2.41. The second-order valence-corrected chi connectivity index (χ2v) is 5.03. The van der Waals surface area contributed by atoms with Crippen LogP contribution in [0.15, 0.2) is 18.2 Å². The molecule has 0 aliphatic heterocycles. The van der Waals surface area contributed by atoms with E-state index in [2.05, 4.69) is 12.2 Å². The number of nitrogens with one attached hydrogen (secondary N) is 1. The van der Waals surface area contributed by atoms with Crippen molar-refractivity contribution in [3.05, 3.63) is 28.3 Å². The molecule has 0 radical (unpaired) electrons. The third-order valence-corrected chi connectivity index (χ3v) is 2.69. The molecule has 0 aromatic heterocycles. The Labute approximate surface area is 125 Å². The summed E-state index contributed by atoms with van der Waals surface area (Å²) in [6.45, 7) is 7.80. The molecule has 1 rings (SSSR count). The maximum absolute atomic E-state index is 10.9. The summed E-state index contributed by atoms with van der Waals surface area (Å²) in [6.07, 6.45) is 2.12. The first-order valence-corrected chi connectivity index (χ1v) is 7.30. The Hall–Kier alpha value is -1.82. The van der Waals surface area contributed by atoms with Crippen molar-refractivity contribution >= 4 is 11.4 Å². The van der Waals surface area contributed by atoms with Gasteiger partial charge in [0.05, 0.1) is 23.7 Å². The number of anilines is 1. The Bertz CT molecular complexity index is 449. The molecule has 0 saturated heterocycles. The number of rotatable bonds is 10. The van der Waals surface area contributed by atoms with E-state index >= 15 is 0 Å². The lowest BCUT2D eigenvalue weighted by atomic mass is 10.2. The summed E-state index contributed by atoms with van der Waals surface area (Å²) in [5.74, 6) is 0.494. The molecule has 0 spiro atoms. The van der Waals surface area contributed by atoms with E-state index < -0.39 is 4.92 Å². The summed E-state index contributed by atoms with van der Waals surface area (Å²) in [4.78, 5) is 10.5. The number of benzene rings is 1. The van der Waals surface area contributed by atoms with E-state index in [1.807, 2.05) is 13.8 Å². The largest absolute Gasteiger partial charge is 0.491 e. The standard InChI is InChI=1S/C15H24N2O4/c1-4-5-7-20-8-6-16-13-9-14(17(18)19)11-15(10-13)21-12(2)3/h9-12,16H,4-8H2,1-3H3. The normalized spacial score (nSPS) is 10.7. The fourth-order valence-corrected chi connectivity index (χ4v) is 1.75. The molecular formula is C15H24N2O4. The average molecular weight is 296 g/mol. The molecule has 0 amide bonds. The van der Waals surface area contributed by atoms with Crippen molar-refractivity contribution in [1.82, 2.24) is 0 Å². The van der Waals surface area contributed by atoms with Crippen LogP contribution in [0.5, 0.6) is 5.75 Å². The Morgan fingerprint density at radius 1 is 1.29 bits per heavy atom. The molecule has 0 unspecified atom stereocenters.